The summed E-state index contributed by atoms with van der Waals surface area (Å²) in [7, 11) is -10.5. The molecule has 3 N–H and O–H groups in total. The predicted octanol–water partition coefficient (Wildman–Crippen LogP) is -3.46. The molecule has 0 saturated carbocycles. The molecule has 0 saturated heterocycles. The summed E-state index contributed by atoms with van der Waals surface area (Å²) in [4.78, 5) is 28.0. The third-order valence-corrected chi connectivity index (χ3v) is 7.34. The minimum Gasteiger partial charge on any atom is -0.862 e. The molecule has 1 aliphatic rings. The molecule has 0 bridgehead atoms. The van der Waals surface area contributed by atoms with E-state index in [9.17, 15) is 36.1 Å². The summed E-state index contributed by atoms with van der Waals surface area (Å²) < 4.78 is 63.1. The van der Waals surface area contributed by atoms with E-state index in [-0.39, 0.29) is 81.6 Å². The first-order valence-electron chi connectivity index (χ1n) is 9.91. The van der Waals surface area contributed by atoms with Crippen molar-refractivity contribution >= 4 is 54.8 Å². The largest absolute Gasteiger partial charge is 1.00 e. The van der Waals surface area contributed by atoms with Crippen LogP contribution in [-0.2, 0) is 24.5 Å². The van der Waals surface area contributed by atoms with Crippen molar-refractivity contribution in [2.45, 2.75) is 16.7 Å². The van der Waals surface area contributed by atoms with Crippen molar-refractivity contribution in [2.24, 2.45) is 4.99 Å². The number of hydrogen-bond acceptors (Lipinski definition) is 10. The number of anilines is 2. The van der Waals surface area contributed by atoms with Gasteiger partial charge >= 0.3 is 59.1 Å². The molecule has 1 aliphatic carbocycles. The van der Waals surface area contributed by atoms with E-state index in [1.165, 1.54) is 55.5 Å². The average Bonchev–Trinajstić information content (AvgIpc) is 2.82. The maximum absolute atomic E-state index is 13.4. The predicted molar refractivity (Wildman–Crippen MR) is 125 cm³/mol. The number of carbonyl (C=O) groups is 2. The van der Waals surface area contributed by atoms with E-state index in [2.05, 4.69) is 14.6 Å². The Morgan fingerprint density at radius 1 is 0.947 bits per heavy atom. The fourth-order valence-electron chi connectivity index (χ4n) is 3.78. The first kappa shape index (κ1) is 32.3. The Morgan fingerprint density at radius 2 is 1.47 bits per heavy atom. The van der Waals surface area contributed by atoms with E-state index in [4.69, 9.17) is 5.90 Å². The monoisotopic (exact) mass is 575 g/mol. The summed E-state index contributed by atoms with van der Waals surface area (Å²) in [5.41, 5.74) is -1.40. The van der Waals surface area contributed by atoms with Crippen LogP contribution in [0.3, 0.4) is 0 Å². The van der Waals surface area contributed by atoms with Crippen LogP contribution >= 0.6 is 0 Å². The van der Waals surface area contributed by atoms with Gasteiger partial charge in [-0.15, -0.1) is 0 Å². The molecule has 0 atom stereocenters. The molecule has 0 heterocycles. The second-order valence-corrected chi connectivity index (χ2v) is 10.4. The van der Waals surface area contributed by atoms with Crippen LogP contribution in [0.1, 0.15) is 38.8 Å². The fourth-order valence-corrected chi connectivity index (χ4v) is 5.84. The number of carbonyl (C=O) groups excluding carboxylic acids is 2. The minimum atomic E-state index is -5.31. The summed E-state index contributed by atoms with van der Waals surface area (Å²) in [5, 5.41) is 13.9. The molecule has 16 heteroatoms. The number of nitrogens with one attached hydrogen (secondary N) is 2. The molecule has 0 radical (unpaired) electrons. The van der Waals surface area contributed by atoms with Crippen molar-refractivity contribution in [2.75, 3.05) is 5.32 Å². The molecule has 3 aromatic rings. The van der Waals surface area contributed by atoms with E-state index in [0.29, 0.717) is 11.8 Å². The zero-order chi connectivity index (χ0) is 26.4. The van der Waals surface area contributed by atoms with Gasteiger partial charge in [-0.1, -0.05) is 24.3 Å². The van der Waals surface area contributed by atoms with Crippen molar-refractivity contribution in [1.82, 2.24) is 0 Å². The average molecular weight is 575 g/mol. The smallest absolute Gasteiger partial charge is 0.862 e. The Balaban J connectivity index is 0.00000253. The number of rotatable bonds is 6. The van der Waals surface area contributed by atoms with Gasteiger partial charge in [0.2, 0.25) is 0 Å². The quantitative estimate of drug-likeness (QED) is 0.0765. The molecule has 0 fully saturated rings. The van der Waals surface area contributed by atoms with Crippen LogP contribution in [0.25, 0.3) is 5.90 Å². The molecule has 0 amide bonds. The number of hydrogen-bond donors (Lipinski definition) is 2. The summed E-state index contributed by atoms with van der Waals surface area (Å²) >= 11 is 0. The third-order valence-electron chi connectivity index (χ3n) is 5.19. The van der Waals surface area contributed by atoms with Crippen molar-refractivity contribution in [3.63, 3.8) is 0 Å². The SMILES string of the molecule is CC([O-])=Nc1ccc(Nc2cc(S(=O)(=O)O)c(S(=O)(=O)O[NH-])c3c2C(=O)c2ccccc2C3=O)cc1.[Na+].[Na+]. The summed E-state index contributed by atoms with van der Waals surface area (Å²) in [6.45, 7) is 1.26. The standard InChI is InChI=1S/C22H16N3O9S2.2Na/c1-11(26)24-12-6-8-13(9-7-12)25-16-10-17(35(29,30)31)22(36(32,33)34-23)19-18(16)20(27)14-4-2-3-5-15(14)21(19)28;;/h2-10,23,25H,1H3,(H,24,26)(H,29,30,31);;/q-1;2*+1/p-1. The van der Waals surface area contributed by atoms with Gasteiger partial charge in [-0.05, 0) is 43.2 Å². The maximum Gasteiger partial charge on any atom is 1.00 e. The van der Waals surface area contributed by atoms with E-state index < -0.39 is 58.6 Å². The van der Waals surface area contributed by atoms with Crippen LogP contribution in [0.2, 0.25) is 0 Å². The molecule has 0 unspecified atom stereocenters. The molecule has 0 aliphatic heterocycles. The Morgan fingerprint density at radius 3 is 1.95 bits per heavy atom. The van der Waals surface area contributed by atoms with Gasteiger partial charge in [0, 0.05) is 16.8 Å². The van der Waals surface area contributed by atoms with Crippen LogP contribution in [-0.4, -0.2) is 38.9 Å². The summed E-state index contributed by atoms with van der Waals surface area (Å²) in [5.74, 6) is 4.63. The number of aliphatic imine (C=N–C) groups is 1. The Bertz CT molecular complexity index is 1690. The second kappa shape index (κ2) is 12.1. The minimum absolute atomic E-state index is 0. The molecule has 0 spiro atoms. The van der Waals surface area contributed by atoms with Gasteiger partial charge in [0.25, 0.3) is 20.2 Å². The molecule has 4 rings (SSSR count). The number of nitrogens with zero attached hydrogens (tertiary/aromatic N) is 1. The van der Waals surface area contributed by atoms with Gasteiger partial charge in [0.1, 0.15) is 9.79 Å². The number of benzene rings is 3. The van der Waals surface area contributed by atoms with Crippen LogP contribution in [0.15, 0.2) is 69.4 Å². The Kier molecular flexibility index (Phi) is 10.2. The molecule has 38 heavy (non-hydrogen) atoms. The van der Waals surface area contributed by atoms with Gasteiger partial charge in [0.05, 0.1) is 22.5 Å². The normalized spacial score (nSPS) is 13.1. The van der Waals surface area contributed by atoms with Crippen molar-refractivity contribution in [1.29, 1.82) is 0 Å². The fraction of sp³-hybridized carbons (Fsp3) is 0.0455. The molecule has 12 nitrogen and oxygen atoms in total. The summed E-state index contributed by atoms with van der Waals surface area (Å²) in [6, 6.07) is 11.9. The van der Waals surface area contributed by atoms with Crippen LogP contribution in [0.5, 0.6) is 0 Å². The second-order valence-electron chi connectivity index (χ2n) is 7.52. The zero-order valence-corrected chi connectivity index (χ0v) is 25.8. The summed E-state index contributed by atoms with van der Waals surface area (Å²) in [6.07, 6.45) is 0. The molecule has 186 valence electrons. The van der Waals surface area contributed by atoms with Gasteiger partial charge in [-0.25, -0.2) is 0 Å². The van der Waals surface area contributed by atoms with Crippen molar-refractivity contribution in [3.8, 4) is 0 Å². The number of ketones is 2. The van der Waals surface area contributed by atoms with Crippen molar-refractivity contribution < 1.29 is 99.5 Å². The molecule has 0 aromatic heterocycles. The van der Waals surface area contributed by atoms with E-state index in [1.54, 1.807) is 0 Å². The van der Waals surface area contributed by atoms with Gasteiger partial charge in [-0.2, -0.15) is 16.8 Å². The van der Waals surface area contributed by atoms with Crippen LogP contribution in [0.4, 0.5) is 17.1 Å². The van der Waals surface area contributed by atoms with E-state index >= 15 is 0 Å². The van der Waals surface area contributed by atoms with Gasteiger partial charge in [-0.3, -0.25) is 19.1 Å². The Hall–Kier alpha value is -1.95. The van der Waals surface area contributed by atoms with Gasteiger partial charge in [0.15, 0.2) is 11.6 Å². The van der Waals surface area contributed by atoms with Crippen LogP contribution in [0, 0.1) is 0 Å². The first-order valence-corrected chi connectivity index (χ1v) is 12.8. The molecule has 3 aromatic carbocycles. The van der Waals surface area contributed by atoms with E-state index in [0.717, 1.165) is 0 Å². The maximum atomic E-state index is 13.4. The Labute approximate surface area is 261 Å². The third kappa shape index (κ3) is 6.11. The number of fused-ring (bicyclic) bond motifs is 2. The van der Waals surface area contributed by atoms with Gasteiger partial charge < -0.3 is 20.6 Å². The molecular weight excluding hydrogens is 560 g/mol. The molecular formula is C22H15N3Na2O9S2. The topological polar surface area (TPSA) is 203 Å². The first-order chi connectivity index (χ1) is 16.8. The van der Waals surface area contributed by atoms with E-state index in [1.807, 2.05) is 0 Å². The van der Waals surface area contributed by atoms with Crippen molar-refractivity contribution in [3.05, 3.63) is 82.7 Å². The zero-order valence-electron chi connectivity index (χ0n) is 20.2. The van der Waals surface area contributed by atoms with Crippen LogP contribution < -0.4 is 69.5 Å².